The second kappa shape index (κ2) is 3.07. The van der Waals surface area contributed by atoms with Gasteiger partial charge >= 0.3 is 17.3 Å². The van der Waals surface area contributed by atoms with Crippen LogP contribution in [0.15, 0.2) is 9.32 Å². The van der Waals surface area contributed by atoms with E-state index in [9.17, 15) is 9.59 Å². The summed E-state index contributed by atoms with van der Waals surface area (Å²) in [4.78, 5) is 27.0. The maximum atomic E-state index is 10.9. The number of aromatic nitrogens is 2. The van der Waals surface area contributed by atoms with Crippen LogP contribution in [-0.4, -0.2) is 25.5 Å². The molecule has 0 radical (unpaired) electrons. The Hall–Kier alpha value is -1.79. The van der Waals surface area contributed by atoms with Gasteiger partial charge in [-0.1, -0.05) is 0 Å². The first-order chi connectivity index (χ1) is 5.70. The van der Waals surface area contributed by atoms with Crippen LogP contribution in [0.2, 0.25) is 0 Å². The van der Waals surface area contributed by atoms with Gasteiger partial charge in [-0.05, 0) is 0 Å². The molecule has 7 nitrogen and oxygen atoms in total. The number of esters is 1. The van der Waals surface area contributed by atoms with E-state index in [0.29, 0.717) is 0 Å². The predicted molar refractivity (Wildman–Crippen MR) is 33.4 cm³/mol. The fourth-order valence-electron chi connectivity index (χ4n) is 0.651. The number of nitrogens with one attached hydrogen (secondary N) is 1. The van der Waals surface area contributed by atoms with Crippen molar-refractivity contribution in [3.63, 3.8) is 0 Å². The smallest absolute Gasteiger partial charge is 0.460 e. The van der Waals surface area contributed by atoms with Gasteiger partial charge in [0.1, 0.15) is 0 Å². The topological polar surface area (TPSA) is 85.4 Å². The summed E-state index contributed by atoms with van der Waals surface area (Å²) in [6, 6.07) is 0. The van der Waals surface area contributed by atoms with Crippen molar-refractivity contribution in [2.45, 2.75) is 0 Å². The summed E-state index contributed by atoms with van der Waals surface area (Å²) in [5, 5.41) is 2.05. The molecule has 0 fully saturated rings. The molecule has 0 aliphatic heterocycles. The van der Waals surface area contributed by atoms with Gasteiger partial charge < -0.3 is 4.74 Å². The van der Waals surface area contributed by atoms with Crippen molar-refractivity contribution in [3.8, 4) is 0 Å². The number of ether oxygens (including phenoxy) is 1. The van der Waals surface area contributed by atoms with Crippen LogP contribution in [0, 0.1) is 0 Å². The Morgan fingerprint density at radius 2 is 2.25 bits per heavy atom. The molecule has 0 bridgehead atoms. The third-order valence-electron chi connectivity index (χ3n) is 1.18. The summed E-state index contributed by atoms with van der Waals surface area (Å²) in [5.41, 5.74) is -1.19. The van der Waals surface area contributed by atoms with Gasteiger partial charge in [0.15, 0.2) is 12.0 Å². The summed E-state index contributed by atoms with van der Waals surface area (Å²) in [6.45, 7) is 0. The molecule has 0 saturated heterocycles. The van der Waals surface area contributed by atoms with Crippen LogP contribution in [-0.2, 0) is 4.74 Å². The summed E-state index contributed by atoms with van der Waals surface area (Å²) in [7, 11) is 2.41. The van der Waals surface area contributed by atoms with Crippen molar-refractivity contribution in [2.24, 2.45) is 0 Å². The van der Waals surface area contributed by atoms with Crippen LogP contribution in [0.1, 0.15) is 10.5 Å². The lowest BCUT2D eigenvalue weighted by atomic mass is 10.5. The molecule has 1 rings (SSSR count). The molecule has 1 aromatic heterocycles. The Labute approximate surface area is 66.4 Å². The second-order valence-corrected chi connectivity index (χ2v) is 1.80. The Kier molecular flexibility index (Phi) is 2.13. The van der Waals surface area contributed by atoms with Gasteiger partial charge in [0, 0.05) is 5.27 Å². The van der Waals surface area contributed by atoms with Crippen molar-refractivity contribution < 1.29 is 23.7 Å². The summed E-state index contributed by atoms with van der Waals surface area (Å²) < 4.78 is 8.56. The number of rotatable bonds is 2. The number of carbonyl (C=O) groups excluding carboxylic acids is 1. The quantitative estimate of drug-likeness (QED) is 0.419. The van der Waals surface area contributed by atoms with Crippen LogP contribution in [0.25, 0.3) is 0 Å². The van der Waals surface area contributed by atoms with Crippen LogP contribution in [0.3, 0.4) is 0 Å². The van der Waals surface area contributed by atoms with E-state index in [0.717, 1.165) is 12.0 Å². The van der Waals surface area contributed by atoms with Crippen LogP contribution >= 0.6 is 0 Å². The van der Waals surface area contributed by atoms with E-state index in [4.69, 9.17) is 0 Å². The third-order valence-corrected chi connectivity index (χ3v) is 1.18. The minimum atomic E-state index is -0.844. The molecule has 0 aliphatic carbocycles. The zero-order valence-electron chi connectivity index (χ0n) is 6.49. The van der Waals surface area contributed by atoms with Crippen molar-refractivity contribution in [1.29, 1.82) is 0 Å². The number of nitrogens with zero attached hydrogens (tertiary/aromatic N) is 1. The molecule has 0 amide bonds. The molecule has 1 heterocycles. The highest BCUT2D eigenvalue weighted by Gasteiger charge is 2.32. The summed E-state index contributed by atoms with van der Waals surface area (Å²) in [5.74, 6) is -0.827. The molecular weight excluding hydrogens is 168 g/mol. The number of H-pyrrole nitrogens is 1. The van der Waals surface area contributed by atoms with E-state index in [1.807, 2.05) is 5.27 Å². The highest BCUT2D eigenvalue weighted by atomic mass is 16.7. The van der Waals surface area contributed by atoms with E-state index < -0.39 is 11.6 Å². The Bertz CT molecular complexity index is 338. The minimum absolute atomic E-state index is 0.347. The molecule has 12 heavy (non-hydrogen) atoms. The molecule has 0 saturated carbocycles. The summed E-state index contributed by atoms with van der Waals surface area (Å²) in [6.07, 6.45) is 0. The maximum Gasteiger partial charge on any atom is 0.460 e. The van der Waals surface area contributed by atoms with Crippen LogP contribution < -0.4 is 15.3 Å². The lowest BCUT2D eigenvalue weighted by Crippen LogP contribution is -2.48. The van der Waals surface area contributed by atoms with E-state index in [-0.39, 0.29) is 5.69 Å². The zero-order valence-corrected chi connectivity index (χ0v) is 6.49. The molecular formula is C5H7N2O5+. The fourth-order valence-corrected chi connectivity index (χ4v) is 0.651. The monoisotopic (exact) mass is 175 g/mol. The molecule has 1 N–H and O–H groups in total. The molecule has 66 valence electrons. The molecule has 7 heteroatoms. The van der Waals surface area contributed by atoms with Gasteiger partial charge in [0.05, 0.1) is 7.11 Å². The average Bonchev–Trinajstić information content (AvgIpc) is 2.45. The van der Waals surface area contributed by atoms with Gasteiger partial charge in [-0.3, -0.25) is 4.52 Å². The molecule has 1 aromatic rings. The molecule has 0 aliphatic rings. The number of hydrogen-bond donors (Lipinski definition) is 1. The third kappa shape index (κ3) is 1.16. The van der Waals surface area contributed by atoms with E-state index in [2.05, 4.69) is 14.1 Å². The van der Waals surface area contributed by atoms with Crippen molar-refractivity contribution in [2.75, 3.05) is 14.2 Å². The van der Waals surface area contributed by atoms with E-state index in [1.54, 1.807) is 0 Å². The largest absolute Gasteiger partial charge is 0.461 e. The van der Waals surface area contributed by atoms with Crippen molar-refractivity contribution >= 4 is 5.97 Å². The average molecular weight is 175 g/mol. The molecule has 0 atom stereocenters. The second-order valence-electron chi connectivity index (χ2n) is 1.80. The molecule has 0 unspecified atom stereocenters. The highest BCUT2D eigenvalue weighted by Crippen LogP contribution is 1.83. The van der Waals surface area contributed by atoms with Crippen LogP contribution in [0.4, 0.5) is 0 Å². The SMILES string of the molecule is COC(=O)c1c(=O)o[nH][n+]1OC. The number of hydrogen-bond acceptors (Lipinski definition) is 5. The van der Waals surface area contributed by atoms with E-state index >= 15 is 0 Å². The van der Waals surface area contributed by atoms with Gasteiger partial charge in [-0.2, -0.15) is 0 Å². The first-order valence-corrected chi connectivity index (χ1v) is 2.97. The number of carbonyl (C=O) groups is 1. The Balaban J connectivity index is 3.19. The summed E-state index contributed by atoms with van der Waals surface area (Å²) >= 11 is 0. The van der Waals surface area contributed by atoms with Gasteiger partial charge in [-0.15, -0.1) is 0 Å². The van der Waals surface area contributed by atoms with Gasteiger partial charge in [-0.25, -0.2) is 14.4 Å². The fraction of sp³-hybridized carbons (Fsp3) is 0.400. The normalized spacial score (nSPS) is 9.50. The Morgan fingerprint density at radius 1 is 1.58 bits per heavy atom. The standard InChI is InChI=1S/C5H6N2O5/c1-10-4(8)3-5(9)12-6-7(3)11-2/h1-2H3/p+1. The lowest BCUT2D eigenvalue weighted by Gasteiger charge is -1.87. The number of methoxy groups -OCH3 is 1. The van der Waals surface area contributed by atoms with Crippen LogP contribution in [0.5, 0.6) is 0 Å². The number of aromatic amines is 1. The van der Waals surface area contributed by atoms with E-state index in [1.165, 1.54) is 7.11 Å². The zero-order chi connectivity index (χ0) is 9.14. The van der Waals surface area contributed by atoms with Gasteiger partial charge in [0.2, 0.25) is 0 Å². The van der Waals surface area contributed by atoms with Gasteiger partial charge in [0.25, 0.3) is 0 Å². The first kappa shape index (κ1) is 8.31. The highest BCUT2D eigenvalue weighted by molar-refractivity contribution is 5.84. The molecule has 0 spiro atoms. The minimum Gasteiger partial charge on any atom is -0.461 e. The Morgan fingerprint density at radius 3 is 2.75 bits per heavy atom. The van der Waals surface area contributed by atoms with Crippen molar-refractivity contribution in [1.82, 2.24) is 5.27 Å². The predicted octanol–water partition coefficient (Wildman–Crippen LogP) is -1.90. The first-order valence-electron chi connectivity index (χ1n) is 2.97. The molecule has 0 aromatic carbocycles. The maximum absolute atomic E-state index is 10.9. The van der Waals surface area contributed by atoms with Crippen molar-refractivity contribution in [3.05, 3.63) is 16.1 Å². The lowest BCUT2D eigenvalue weighted by molar-refractivity contribution is -0.936.